The van der Waals surface area contributed by atoms with Gasteiger partial charge in [0.2, 0.25) is 0 Å². The Morgan fingerprint density at radius 2 is 1.88 bits per heavy atom. The standard InChI is InChI=1S/C12H12N2O2/c1-8-7-9(2)14(13-8)12(16)10-3-5-11(15)6-4-10/h3-7,15H,1-2H3. The zero-order chi connectivity index (χ0) is 11.7. The van der Waals surface area contributed by atoms with Crippen molar-refractivity contribution < 1.29 is 9.90 Å². The number of carbonyl (C=O) groups excluding carboxylic acids is 1. The Kier molecular flexibility index (Phi) is 2.48. The SMILES string of the molecule is Cc1cc(C)n(C(=O)c2ccc(O)cc2)n1. The Bertz CT molecular complexity index is 526. The second-order valence-corrected chi connectivity index (χ2v) is 3.69. The van der Waals surface area contributed by atoms with Crippen LogP contribution in [0.1, 0.15) is 21.7 Å². The molecule has 1 heterocycles. The van der Waals surface area contributed by atoms with Crippen molar-refractivity contribution in [3.8, 4) is 5.75 Å². The molecule has 0 bridgehead atoms. The van der Waals surface area contributed by atoms with Crippen LogP contribution in [0.2, 0.25) is 0 Å². The Balaban J connectivity index is 2.39. The average molecular weight is 216 g/mol. The summed E-state index contributed by atoms with van der Waals surface area (Å²) in [6, 6.07) is 7.97. The van der Waals surface area contributed by atoms with Gasteiger partial charge in [-0.05, 0) is 44.2 Å². The minimum absolute atomic E-state index is 0.143. The van der Waals surface area contributed by atoms with Gasteiger partial charge in [-0.3, -0.25) is 4.79 Å². The molecule has 16 heavy (non-hydrogen) atoms. The van der Waals surface area contributed by atoms with Gasteiger partial charge in [0.05, 0.1) is 5.69 Å². The maximum absolute atomic E-state index is 12.0. The molecular weight excluding hydrogens is 204 g/mol. The van der Waals surface area contributed by atoms with Crippen molar-refractivity contribution >= 4 is 5.91 Å². The van der Waals surface area contributed by atoms with E-state index in [1.54, 1.807) is 12.1 Å². The summed E-state index contributed by atoms with van der Waals surface area (Å²) >= 11 is 0. The predicted molar refractivity (Wildman–Crippen MR) is 59.5 cm³/mol. The lowest BCUT2D eigenvalue weighted by atomic mass is 10.2. The molecule has 2 rings (SSSR count). The molecule has 0 aliphatic rings. The minimum Gasteiger partial charge on any atom is -0.508 e. The van der Waals surface area contributed by atoms with Gasteiger partial charge in [0, 0.05) is 11.3 Å². The second kappa shape index (κ2) is 3.81. The van der Waals surface area contributed by atoms with E-state index >= 15 is 0 Å². The summed E-state index contributed by atoms with van der Waals surface area (Å²) in [5.41, 5.74) is 2.12. The molecule has 0 unspecified atom stereocenters. The molecule has 4 nitrogen and oxygen atoms in total. The fraction of sp³-hybridized carbons (Fsp3) is 0.167. The number of hydrogen-bond donors (Lipinski definition) is 1. The third-order valence-electron chi connectivity index (χ3n) is 2.32. The molecular formula is C12H12N2O2. The molecule has 1 N–H and O–H groups in total. The fourth-order valence-corrected chi connectivity index (χ4v) is 1.56. The van der Waals surface area contributed by atoms with Crippen LogP contribution in [0, 0.1) is 13.8 Å². The van der Waals surface area contributed by atoms with Crippen LogP contribution in [0.25, 0.3) is 0 Å². The number of phenolic OH excluding ortho intramolecular Hbond substituents is 1. The van der Waals surface area contributed by atoms with Gasteiger partial charge >= 0.3 is 0 Å². The maximum atomic E-state index is 12.0. The number of phenols is 1. The lowest BCUT2D eigenvalue weighted by molar-refractivity contribution is 0.0942. The predicted octanol–water partition coefficient (Wildman–Crippen LogP) is 1.89. The van der Waals surface area contributed by atoms with Gasteiger partial charge in [-0.2, -0.15) is 5.10 Å². The van der Waals surface area contributed by atoms with E-state index in [-0.39, 0.29) is 11.7 Å². The summed E-state index contributed by atoms with van der Waals surface area (Å²) in [6.07, 6.45) is 0. The molecule has 1 aromatic carbocycles. The van der Waals surface area contributed by atoms with Gasteiger partial charge < -0.3 is 5.11 Å². The molecule has 1 aromatic heterocycles. The van der Waals surface area contributed by atoms with Crippen molar-refractivity contribution in [2.75, 3.05) is 0 Å². The number of aryl methyl sites for hydroxylation is 2. The summed E-state index contributed by atoms with van der Waals surface area (Å²) < 4.78 is 1.36. The number of hydrogen-bond acceptors (Lipinski definition) is 3. The quantitative estimate of drug-likeness (QED) is 0.792. The van der Waals surface area contributed by atoms with E-state index in [0.717, 1.165) is 11.4 Å². The smallest absolute Gasteiger partial charge is 0.278 e. The second-order valence-electron chi connectivity index (χ2n) is 3.69. The summed E-state index contributed by atoms with van der Waals surface area (Å²) in [6.45, 7) is 3.67. The van der Waals surface area contributed by atoms with Crippen LogP contribution >= 0.6 is 0 Å². The summed E-state index contributed by atoms with van der Waals surface area (Å²) in [4.78, 5) is 12.0. The largest absolute Gasteiger partial charge is 0.508 e. The topological polar surface area (TPSA) is 55.1 Å². The Morgan fingerprint density at radius 3 is 2.38 bits per heavy atom. The number of rotatable bonds is 1. The highest BCUT2D eigenvalue weighted by atomic mass is 16.3. The van der Waals surface area contributed by atoms with E-state index in [1.807, 2.05) is 19.9 Å². The fourth-order valence-electron chi connectivity index (χ4n) is 1.56. The van der Waals surface area contributed by atoms with Crippen LogP contribution in [0.5, 0.6) is 5.75 Å². The first kappa shape index (κ1) is 10.4. The van der Waals surface area contributed by atoms with E-state index in [0.29, 0.717) is 5.56 Å². The average Bonchev–Trinajstić information content (AvgIpc) is 2.58. The monoisotopic (exact) mass is 216 g/mol. The van der Waals surface area contributed by atoms with E-state index in [9.17, 15) is 4.79 Å². The van der Waals surface area contributed by atoms with Gasteiger partial charge in [-0.25, -0.2) is 4.68 Å². The first-order valence-electron chi connectivity index (χ1n) is 4.95. The molecule has 0 aliphatic carbocycles. The molecule has 0 fully saturated rings. The summed E-state index contributed by atoms with van der Waals surface area (Å²) in [5, 5.41) is 13.2. The van der Waals surface area contributed by atoms with E-state index in [2.05, 4.69) is 5.10 Å². The molecule has 0 spiro atoms. The molecule has 0 saturated carbocycles. The van der Waals surface area contributed by atoms with E-state index in [1.165, 1.54) is 16.8 Å². The van der Waals surface area contributed by atoms with Crippen molar-refractivity contribution in [2.45, 2.75) is 13.8 Å². The van der Waals surface area contributed by atoms with Crippen LogP contribution in [0.15, 0.2) is 30.3 Å². The number of nitrogens with zero attached hydrogens (tertiary/aromatic N) is 2. The highest BCUT2D eigenvalue weighted by molar-refractivity contribution is 5.95. The van der Waals surface area contributed by atoms with Gasteiger partial charge in [-0.15, -0.1) is 0 Å². The zero-order valence-electron chi connectivity index (χ0n) is 9.14. The van der Waals surface area contributed by atoms with Crippen molar-refractivity contribution in [3.63, 3.8) is 0 Å². The third-order valence-corrected chi connectivity index (χ3v) is 2.32. The van der Waals surface area contributed by atoms with E-state index in [4.69, 9.17) is 5.11 Å². The summed E-state index contributed by atoms with van der Waals surface area (Å²) in [7, 11) is 0. The van der Waals surface area contributed by atoms with Crippen LogP contribution in [0.3, 0.4) is 0 Å². The van der Waals surface area contributed by atoms with Crippen LogP contribution < -0.4 is 0 Å². The van der Waals surface area contributed by atoms with Crippen LogP contribution in [-0.4, -0.2) is 20.8 Å². The third kappa shape index (κ3) is 1.82. The molecule has 82 valence electrons. The van der Waals surface area contributed by atoms with Crippen molar-refractivity contribution in [1.82, 2.24) is 9.78 Å². The molecule has 2 aromatic rings. The number of aromatic hydroxyl groups is 1. The highest BCUT2D eigenvalue weighted by Crippen LogP contribution is 2.12. The maximum Gasteiger partial charge on any atom is 0.278 e. The molecule has 0 saturated heterocycles. The van der Waals surface area contributed by atoms with Crippen molar-refractivity contribution in [2.24, 2.45) is 0 Å². The molecule has 0 amide bonds. The first-order valence-corrected chi connectivity index (χ1v) is 4.95. The molecule has 0 radical (unpaired) electrons. The lowest BCUT2D eigenvalue weighted by Gasteiger charge is -2.02. The Labute approximate surface area is 93.1 Å². The van der Waals surface area contributed by atoms with Crippen LogP contribution in [-0.2, 0) is 0 Å². The van der Waals surface area contributed by atoms with Gasteiger partial charge in [0.1, 0.15) is 5.75 Å². The van der Waals surface area contributed by atoms with Gasteiger partial charge in [0.15, 0.2) is 0 Å². The highest BCUT2D eigenvalue weighted by Gasteiger charge is 2.12. The minimum atomic E-state index is -0.189. The lowest BCUT2D eigenvalue weighted by Crippen LogP contribution is -2.15. The van der Waals surface area contributed by atoms with Crippen LogP contribution in [0.4, 0.5) is 0 Å². The number of carbonyl (C=O) groups is 1. The van der Waals surface area contributed by atoms with Crippen molar-refractivity contribution in [3.05, 3.63) is 47.3 Å². The Hall–Kier alpha value is -2.10. The molecule has 0 aliphatic heterocycles. The van der Waals surface area contributed by atoms with Gasteiger partial charge in [-0.1, -0.05) is 0 Å². The van der Waals surface area contributed by atoms with Crippen molar-refractivity contribution in [1.29, 1.82) is 0 Å². The number of aromatic nitrogens is 2. The van der Waals surface area contributed by atoms with Gasteiger partial charge in [0.25, 0.3) is 5.91 Å². The zero-order valence-corrected chi connectivity index (χ0v) is 9.14. The summed E-state index contributed by atoms with van der Waals surface area (Å²) in [5.74, 6) is -0.0458. The van der Waals surface area contributed by atoms with E-state index < -0.39 is 0 Å². The molecule has 4 heteroatoms. The first-order chi connectivity index (χ1) is 7.58. The Morgan fingerprint density at radius 1 is 1.25 bits per heavy atom. The number of benzene rings is 1. The normalized spacial score (nSPS) is 10.4. The molecule has 0 atom stereocenters.